The van der Waals surface area contributed by atoms with E-state index in [1.54, 1.807) is 10.9 Å². The first-order valence-electron chi connectivity index (χ1n) is 6.04. The van der Waals surface area contributed by atoms with Crippen LogP contribution in [-0.2, 0) is 23.1 Å². The van der Waals surface area contributed by atoms with Crippen LogP contribution in [0.4, 0.5) is 0 Å². The molecule has 2 N–H and O–H groups in total. The number of amides is 1. The van der Waals surface area contributed by atoms with Gasteiger partial charge in [0.15, 0.2) is 0 Å². The van der Waals surface area contributed by atoms with Gasteiger partial charge in [0.05, 0.1) is 6.20 Å². The van der Waals surface area contributed by atoms with Crippen LogP contribution in [0.3, 0.4) is 0 Å². The van der Waals surface area contributed by atoms with Gasteiger partial charge < -0.3 is 10.4 Å². The molecule has 0 aliphatic carbocycles. The molecule has 1 aromatic heterocycles. The number of hydrogen-bond acceptors (Lipinski definition) is 3. The number of nitrogens with zero attached hydrogens (tertiary/aromatic N) is 2. The predicted octanol–water partition coefficient (Wildman–Crippen LogP) is 0.724. The van der Waals surface area contributed by atoms with E-state index < -0.39 is 5.97 Å². The van der Waals surface area contributed by atoms with Crippen molar-refractivity contribution in [1.82, 2.24) is 15.1 Å². The summed E-state index contributed by atoms with van der Waals surface area (Å²) in [5.74, 6) is -0.799. The minimum Gasteiger partial charge on any atom is -0.481 e. The van der Waals surface area contributed by atoms with Crippen LogP contribution >= 0.6 is 0 Å². The van der Waals surface area contributed by atoms with Crippen molar-refractivity contribution in [2.45, 2.75) is 32.1 Å². The van der Waals surface area contributed by atoms with Crippen molar-refractivity contribution in [2.24, 2.45) is 7.05 Å². The van der Waals surface area contributed by atoms with Gasteiger partial charge in [0, 0.05) is 32.6 Å². The first-order chi connectivity index (χ1) is 8.58. The summed E-state index contributed by atoms with van der Waals surface area (Å²) in [7, 11) is 1.84. The van der Waals surface area contributed by atoms with Crippen LogP contribution in [-0.4, -0.2) is 33.3 Å². The molecule has 0 spiro atoms. The molecule has 1 amide bonds. The number of nitrogens with one attached hydrogen (secondary N) is 1. The number of unbranched alkanes of at least 4 members (excludes halogenated alkanes) is 1. The molecule has 0 atom stereocenters. The number of carboxylic acid groups (broad SMARTS) is 1. The second kappa shape index (κ2) is 7.47. The molecule has 0 aliphatic rings. The van der Waals surface area contributed by atoms with Gasteiger partial charge in [0.25, 0.3) is 0 Å². The zero-order chi connectivity index (χ0) is 13.4. The van der Waals surface area contributed by atoms with Crippen molar-refractivity contribution in [3.8, 4) is 0 Å². The Morgan fingerprint density at radius 3 is 2.78 bits per heavy atom. The third kappa shape index (κ3) is 6.03. The van der Waals surface area contributed by atoms with Crippen molar-refractivity contribution in [3.63, 3.8) is 0 Å². The summed E-state index contributed by atoms with van der Waals surface area (Å²) in [5.41, 5.74) is 1.04. The third-order valence-corrected chi connectivity index (χ3v) is 2.54. The molecule has 0 bridgehead atoms. The first-order valence-corrected chi connectivity index (χ1v) is 6.04. The second-order valence-electron chi connectivity index (χ2n) is 4.22. The SMILES string of the molecule is Cn1cc(CCC(=O)NCCCCC(=O)O)cn1. The lowest BCUT2D eigenvalue weighted by Gasteiger charge is -2.03. The molecule has 0 saturated carbocycles. The topological polar surface area (TPSA) is 84.2 Å². The quantitative estimate of drug-likeness (QED) is 0.669. The van der Waals surface area contributed by atoms with Gasteiger partial charge in [-0.15, -0.1) is 0 Å². The lowest BCUT2D eigenvalue weighted by Crippen LogP contribution is -2.24. The maximum atomic E-state index is 11.5. The minimum atomic E-state index is -0.794. The number of aromatic nitrogens is 2. The van der Waals surface area contributed by atoms with Crippen LogP contribution in [0, 0.1) is 0 Å². The van der Waals surface area contributed by atoms with Crippen molar-refractivity contribution in [1.29, 1.82) is 0 Å². The minimum absolute atomic E-state index is 0.00539. The van der Waals surface area contributed by atoms with Crippen molar-refractivity contribution in [2.75, 3.05) is 6.54 Å². The Kier molecular flexibility index (Phi) is 5.90. The highest BCUT2D eigenvalue weighted by Gasteiger charge is 2.03. The van der Waals surface area contributed by atoms with Crippen LogP contribution in [0.2, 0.25) is 0 Å². The zero-order valence-electron chi connectivity index (χ0n) is 10.6. The van der Waals surface area contributed by atoms with Crippen LogP contribution < -0.4 is 5.32 Å². The number of hydrogen-bond donors (Lipinski definition) is 2. The first kappa shape index (κ1) is 14.2. The molecule has 0 unspecified atom stereocenters. The summed E-state index contributed by atoms with van der Waals surface area (Å²) < 4.78 is 1.71. The van der Waals surface area contributed by atoms with Gasteiger partial charge in [-0.2, -0.15) is 5.10 Å². The molecule has 0 aliphatic heterocycles. The van der Waals surface area contributed by atoms with Crippen molar-refractivity contribution in [3.05, 3.63) is 18.0 Å². The van der Waals surface area contributed by atoms with E-state index in [0.717, 1.165) is 5.56 Å². The molecule has 0 aromatic carbocycles. The lowest BCUT2D eigenvalue weighted by atomic mass is 10.2. The molecule has 0 fully saturated rings. The number of aryl methyl sites for hydroxylation is 2. The fourth-order valence-electron chi connectivity index (χ4n) is 1.58. The number of carbonyl (C=O) groups excluding carboxylic acids is 1. The van der Waals surface area contributed by atoms with Crippen LogP contribution in [0.5, 0.6) is 0 Å². The van der Waals surface area contributed by atoms with Crippen LogP contribution in [0.1, 0.15) is 31.2 Å². The van der Waals surface area contributed by atoms with Gasteiger partial charge in [-0.1, -0.05) is 0 Å². The Hall–Kier alpha value is -1.85. The highest BCUT2D eigenvalue weighted by atomic mass is 16.4. The maximum absolute atomic E-state index is 11.5. The monoisotopic (exact) mass is 253 g/mol. The van der Waals surface area contributed by atoms with E-state index in [4.69, 9.17) is 5.11 Å². The molecule has 0 saturated heterocycles. The largest absolute Gasteiger partial charge is 0.481 e. The molecule has 6 heteroatoms. The maximum Gasteiger partial charge on any atom is 0.303 e. The number of carbonyl (C=O) groups is 2. The fraction of sp³-hybridized carbons (Fsp3) is 0.583. The molecule has 100 valence electrons. The molecule has 0 radical (unpaired) electrons. The predicted molar refractivity (Wildman–Crippen MR) is 66.0 cm³/mol. The summed E-state index contributed by atoms with van der Waals surface area (Å²) in [6.07, 6.45) is 6.20. The Labute approximate surface area is 106 Å². The van der Waals surface area contributed by atoms with Crippen LogP contribution in [0.25, 0.3) is 0 Å². The van der Waals surface area contributed by atoms with Gasteiger partial charge in [-0.05, 0) is 24.8 Å². The number of rotatable bonds is 8. The third-order valence-electron chi connectivity index (χ3n) is 2.54. The number of aliphatic carboxylic acids is 1. The molecule has 1 heterocycles. The van der Waals surface area contributed by atoms with Crippen molar-refractivity contribution >= 4 is 11.9 Å². The summed E-state index contributed by atoms with van der Waals surface area (Å²) in [4.78, 5) is 21.7. The molecule has 6 nitrogen and oxygen atoms in total. The number of carboxylic acids is 1. The molecule has 1 rings (SSSR count). The summed E-state index contributed by atoms with van der Waals surface area (Å²) in [6, 6.07) is 0. The Balaban J connectivity index is 2.05. The average Bonchev–Trinajstić information content (AvgIpc) is 2.71. The summed E-state index contributed by atoms with van der Waals surface area (Å²) in [6.45, 7) is 0.541. The smallest absolute Gasteiger partial charge is 0.303 e. The molecular weight excluding hydrogens is 234 g/mol. The second-order valence-corrected chi connectivity index (χ2v) is 4.22. The molecule has 1 aromatic rings. The van der Waals surface area contributed by atoms with Gasteiger partial charge in [0.2, 0.25) is 5.91 Å². The molecular formula is C12H19N3O3. The Bertz CT molecular complexity index is 401. The summed E-state index contributed by atoms with van der Waals surface area (Å²) in [5, 5.41) is 15.2. The summed E-state index contributed by atoms with van der Waals surface area (Å²) >= 11 is 0. The highest BCUT2D eigenvalue weighted by molar-refractivity contribution is 5.76. The van der Waals surface area contributed by atoms with Crippen molar-refractivity contribution < 1.29 is 14.7 Å². The van der Waals surface area contributed by atoms with E-state index in [-0.39, 0.29) is 12.3 Å². The standard InChI is InChI=1S/C12H19N3O3/c1-15-9-10(8-14-15)5-6-11(16)13-7-3-2-4-12(17)18/h8-9H,2-7H2,1H3,(H,13,16)(H,17,18). The van der Waals surface area contributed by atoms with E-state index in [1.165, 1.54) is 0 Å². The Morgan fingerprint density at radius 1 is 1.39 bits per heavy atom. The Morgan fingerprint density at radius 2 is 2.17 bits per heavy atom. The zero-order valence-corrected chi connectivity index (χ0v) is 10.6. The van der Waals surface area contributed by atoms with E-state index in [2.05, 4.69) is 10.4 Å². The average molecular weight is 253 g/mol. The van der Waals surface area contributed by atoms with Gasteiger partial charge in [-0.3, -0.25) is 14.3 Å². The van der Waals surface area contributed by atoms with E-state index in [9.17, 15) is 9.59 Å². The van der Waals surface area contributed by atoms with E-state index in [1.807, 2.05) is 13.2 Å². The van der Waals surface area contributed by atoms with E-state index >= 15 is 0 Å². The van der Waals surface area contributed by atoms with Gasteiger partial charge in [-0.25, -0.2) is 0 Å². The molecule has 18 heavy (non-hydrogen) atoms. The van der Waals surface area contributed by atoms with Gasteiger partial charge in [0.1, 0.15) is 0 Å². The van der Waals surface area contributed by atoms with Crippen LogP contribution in [0.15, 0.2) is 12.4 Å². The van der Waals surface area contributed by atoms with Gasteiger partial charge >= 0.3 is 5.97 Å². The highest BCUT2D eigenvalue weighted by Crippen LogP contribution is 2.01. The lowest BCUT2D eigenvalue weighted by molar-refractivity contribution is -0.137. The normalized spacial score (nSPS) is 10.3. The van der Waals surface area contributed by atoms with E-state index in [0.29, 0.717) is 32.2 Å². The fourth-order valence-corrected chi connectivity index (χ4v) is 1.58.